The topological polar surface area (TPSA) is 105 Å². The molecule has 0 fully saturated rings. The fourth-order valence-corrected chi connectivity index (χ4v) is 1.35. The minimum Gasteiger partial charge on any atom is -0.477 e. The zero-order valence-electron chi connectivity index (χ0n) is 9.37. The van der Waals surface area contributed by atoms with Crippen LogP contribution in [0.2, 0.25) is 5.15 Å². The zero-order chi connectivity index (χ0) is 13.8. The summed E-state index contributed by atoms with van der Waals surface area (Å²) >= 11 is 5.55. The number of halogens is 1. The lowest BCUT2D eigenvalue weighted by Gasteiger charge is -2.04. The highest BCUT2D eigenvalue weighted by Crippen LogP contribution is 2.10. The molecular formula is C11H7ClN4O3. The summed E-state index contributed by atoms with van der Waals surface area (Å²) in [5, 5.41) is 11.4. The van der Waals surface area contributed by atoms with Crippen molar-refractivity contribution >= 4 is 29.2 Å². The lowest BCUT2D eigenvalue weighted by atomic mass is 10.3. The first-order valence-corrected chi connectivity index (χ1v) is 5.42. The zero-order valence-corrected chi connectivity index (χ0v) is 10.1. The Bertz CT molecular complexity index is 630. The van der Waals surface area contributed by atoms with Gasteiger partial charge >= 0.3 is 5.97 Å². The molecule has 19 heavy (non-hydrogen) atoms. The van der Waals surface area contributed by atoms with E-state index in [1.54, 1.807) is 0 Å². The number of hydrogen-bond donors (Lipinski definition) is 2. The fourth-order valence-electron chi connectivity index (χ4n) is 1.25. The van der Waals surface area contributed by atoms with Crippen molar-refractivity contribution in [2.24, 2.45) is 0 Å². The number of hydrogen-bond acceptors (Lipinski definition) is 5. The van der Waals surface area contributed by atoms with E-state index in [2.05, 4.69) is 20.3 Å². The van der Waals surface area contributed by atoms with Crippen LogP contribution in [0.5, 0.6) is 0 Å². The number of amides is 1. The number of aromatic nitrogens is 3. The van der Waals surface area contributed by atoms with Gasteiger partial charge < -0.3 is 10.4 Å². The molecule has 0 saturated heterocycles. The first kappa shape index (κ1) is 12.9. The molecule has 0 radical (unpaired) electrons. The standard InChI is InChI=1S/C11H7ClN4O3/c12-9-5-14-8(4-15-9)10(17)16-6-1-2-13-7(3-6)11(18)19/h1-5H,(H,18,19)(H,13,16,17). The molecule has 2 aromatic heterocycles. The van der Waals surface area contributed by atoms with Gasteiger partial charge in [-0.3, -0.25) is 4.79 Å². The Labute approximate surface area is 112 Å². The third-order valence-electron chi connectivity index (χ3n) is 2.09. The third-order valence-corrected chi connectivity index (χ3v) is 2.29. The van der Waals surface area contributed by atoms with Crippen LogP contribution in [0.4, 0.5) is 5.69 Å². The number of carbonyl (C=O) groups excluding carboxylic acids is 1. The Kier molecular flexibility index (Phi) is 3.67. The predicted octanol–water partition coefficient (Wildman–Crippen LogP) is 1.48. The van der Waals surface area contributed by atoms with Crippen LogP contribution < -0.4 is 5.32 Å². The van der Waals surface area contributed by atoms with Crippen molar-refractivity contribution < 1.29 is 14.7 Å². The maximum absolute atomic E-state index is 11.8. The van der Waals surface area contributed by atoms with Crippen molar-refractivity contribution in [2.45, 2.75) is 0 Å². The van der Waals surface area contributed by atoms with E-state index < -0.39 is 11.9 Å². The number of carbonyl (C=O) groups is 2. The fraction of sp³-hybridized carbons (Fsp3) is 0. The molecule has 0 aromatic carbocycles. The summed E-state index contributed by atoms with van der Waals surface area (Å²) in [4.78, 5) is 33.7. The van der Waals surface area contributed by atoms with Crippen LogP contribution >= 0.6 is 11.6 Å². The molecule has 96 valence electrons. The van der Waals surface area contributed by atoms with E-state index in [9.17, 15) is 9.59 Å². The molecule has 1 amide bonds. The maximum Gasteiger partial charge on any atom is 0.354 e. The minimum atomic E-state index is -1.18. The molecule has 0 saturated carbocycles. The number of pyridine rings is 1. The quantitative estimate of drug-likeness (QED) is 0.881. The molecular weight excluding hydrogens is 272 g/mol. The van der Waals surface area contributed by atoms with Gasteiger partial charge in [0.15, 0.2) is 0 Å². The predicted molar refractivity (Wildman–Crippen MR) is 66.2 cm³/mol. The summed E-state index contributed by atoms with van der Waals surface area (Å²) in [6, 6.07) is 2.71. The molecule has 0 spiro atoms. The normalized spacial score (nSPS) is 9.95. The summed E-state index contributed by atoms with van der Waals surface area (Å²) in [5.41, 5.74) is 0.201. The van der Waals surface area contributed by atoms with Crippen molar-refractivity contribution in [3.63, 3.8) is 0 Å². The smallest absolute Gasteiger partial charge is 0.354 e. The number of nitrogens with zero attached hydrogens (tertiary/aromatic N) is 3. The molecule has 2 rings (SSSR count). The molecule has 0 atom stereocenters. The number of rotatable bonds is 3. The van der Waals surface area contributed by atoms with Crippen LogP contribution in [-0.4, -0.2) is 31.9 Å². The number of anilines is 1. The molecule has 8 heteroatoms. The molecule has 2 heterocycles. The van der Waals surface area contributed by atoms with Gasteiger partial charge in [-0.05, 0) is 12.1 Å². The number of aromatic carboxylic acids is 1. The van der Waals surface area contributed by atoms with E-state index >= 15 is 0 Å². The second-order valence-electron chi connectivity index (χ2n) is 3.41. The average Bonchev–Trinajstić information content (AvgIpc) is 2.39. The summed E-state index contributed by atoms with van der Waals surface area (Å²) in [6.07, 6.45) is 3.75. The third kappa shape index (κ3) is 3.23. The van der Waals surface area contributed by atoms with Crippen LogP contribution in [0, 0.1) is 0 Å². The lowest BCUT2D eigenvalue weighted by molar-refractivity contribution is 0.0690. The van der Waals surface area contributed by atoms with Crippen LogP contribution in [-0.2, 0) is 0 Å². The molecule has 0 aliphatic heterocycles. The Hall–Kier alpha value is -2.54. The van der Waals surface area contributed by atoms with Crippen molar-refractivity contribution in [1.82, 2.24) is 15.0 Å². The molecule has 7 nitrogen and oxygen atoms in total. The van der Waals surface area contributed by atoms with Gasteiger partial charge in [-0.25, -0.2) is 19.7 Å². The summed E-state index contributed by atoms with van der Waals surface area (Å²) in [7, 11) is 0. The van der Waals surface area contributed by atoms with Crippen LogP contribution in [0.25, 0.3) is 0 Å². The van der Waals surface area contributed by atoms with Gasteiger partial charge in [-0.15, -0.1) is 0 Å². The molecule has 2 N–H and O–H groups in total. The monoisotopic (exact) mass is 278 g/mol. The van der Waals surface area contributed by atoms with Gasteiger partial charge in [-0.2, -0.15) is 0 Å². The van der Waals surface area contributed by atoms with Crippen molar-refractivity contribution in [3.8, 4) is 0 Å². The van der Waals surface area contributed by atoms with Crippen molar-refractivity contribution in [2.75, 3.05) is 5.32 Å². The van der Waals surface area contributed by atoms with Gasteiger partial charge in [0.1, 0.15) is 16.5 Å². The van der Waals surface area contributed by atoms with E-state index in [-0.39, 0.29) is 16.5 Å². The lowest BCUT2D eigenvalue weighted by Crippen LogP contribution is -2.14. The Morgan fingerprint density at radius 1 is 1.16 bits per heavy atom. The number of nitrogens with one attached hydrogen (secondary N) is 1. The Morgan fingerprint density at radius 3 is 2.58 bits per heavy atom. The number of carboxylic acid groups (broad SMARTS) is 1. The molecule has 2 aromatic rings. The van der Waals surface area contributed by atoms with Gasteiger partial charge in [0.2, 0.25) is 0 Å². The first-order valence-electron chi connectivity index (χ1n) is 5.04. The highest BCUT2D eigenvalue weighted by Gasteiger charge is 2.10. The average molecular weight is 279 g/mol. The van der Waals surface area contributed by atoms with Crippen molar-refractivity contribution in [3.05, 3.63) is 47.3 Å². The van der Waals surface area contributed by atoms with Gasteiger partial charge in [0.25, 0.3) is 5.91 Å². The summed E-state index contributed by atoms with van der Waals surface area (Å²) in [5.74, 6) is -1.70. The van der Waals surface area contributed by atoms with Crippen LogP contribution in [0.15, 0.2) is 30.7 Å². The second-order valence-corrected chi connectivity index (χ2v) is 3.80. The highest BCUT2D eigenvalue weighted by molar-refractivity contribution is 6.29. The van der Waals surface area contributed by atoms with E-state index in [1.165, 1.54) is 30.7 Å². The Morgan fingerprint density at radius 2 is 1.95 bits per heavy atom. The molecule has 0 unspecified atom stereocenters. The van der Waals surface area contributed by atoms with Crippen molar-refractivity contribution in [1.29, 1.82) is 0 Å². The highest BCUT2D eigenvalue weighted by atomic mass is 35.5. The maximum atomic E-state index is 11.8. The van der Waals surface area contributed by atoms with E-state index in [0.29, 0.717) is 5.69 Å². The molecule has 0 aliphatic rings. The summed E-state index contributed by atoms with van der Waals surface area (Å²) < 4.78 is 0. The second kappa shape index (κ2) is 5.40. The minimum absolute atomic E-state index is 0.0677. The van der Waals surface area contributed by atoms with E-state index in [4.69, 9.17) is 16.7 Å². The number of carboxylic acids is 1. The van der Waals surface area contributed by atoms with Crippen LogP contribution in [0.1, 0.15) is 21.0 Å². The Balaban J connectivity index is 2.17. The molecule has 0 aliphatic carbocycles. The first-order chi connectivity index (χ1) is 9.06. The summed E-state index contributed by atoms with van der Waals surface area (Å²) in [6.45, 7) is 0. The largest absolute Gasteiger partial charge is 0.477 e. The van der Waals surface area contributed by atoms with Gasteiger partial charge in [0, 0.05) is 11.9 Å². The molecule has 0 bridgehead atoms. The van der Waals surface area contributed by atoms with E-state index in [1.807, 2.05) is 0 Å². The van der Waals surface area contributed by atoms with Crippen LogP contribution in [0.3, 0.4) is 0 Å². The van der Waals surface area contributed by atoms with E-state index in [0.717, 1.165) is 0 Å². The SMILES string of the molecule is O=C(O)c1cc(NC(=O)c2cnc(Cl)cn2)ccn1. The van der Waals surface area contributed by atoms with Gasteiger partial charge in [-0.1, -0.05) is 11.6 Å². The van der Waals surface area contributed by atoms with Gasteiger partial charge in [0.05, 0.1) is 12.4 Å².